The van der Waals surface area contributed by atoms with Crippen molar-refractivity contribution in [2.24, 2.45) is 11.7 Å². The summed E-state index contributed by atoms with van der Waals surface area (Å²) < 4.78 is 4.27. The van der Waals surface area contributed by atoms with E-state index in [-0.39, 0.29) is 6.42 Å². The summed E-state index contributed by atoms with van der Waals surface area (Å²) in [5.74, 6) is -4.63. The van der Waals surface area contributed by atoms with Gasteiger partial charge in [-0.25, -0.2) is 0 Å². The number of esters is 1. The number of ether oxygens (including phenoxy) is 1. The van der Waals surface area contributed by atoms with Gasteiger partial charge in [-0.15, -0.1) is 0 Å². The van der Waals surface area contributed by atoms with Gasteiger partial charge in [0.2, 0.25) is 0 Å². The zero-order chi connectivity index (χ0) is 15.6. The second kappa shape index (κ2) is 9.83. The van der Waals surface area contributed by atoms with Gasteiger partial charge in [-0.05, 0) is 0 Å². The lowest BCUT2D eigenvalue weighted by Crippen LogP contribution is -2.32. The molecule has 0 saturated carbocycles. The number of carbonyl (C=O) groups excluding carboxylic acids is 1. The molecule has 0 spiro atoms. The highest BCUT2D eigenvalue weighted by atomic mass is 16.5. The Hall–Kier alpha value is -2.16. The lowest BCUT2D eigenvalue weighted by Gasteiger charge is -2.02. The quantitative estimate of drug-likeness (QED) is 0.453. The summed E-state index contributed by atoms with van der Waals surface area (Å²) in [5.41, 5.74) is 4.84. The fourth-order valence-electron chi connectivity index (χ4n) is 0.696. The Labute approximate surface area is 109 Å². The minimum atomic E-state index is -1.29. The Morgan fingerprint density at radius 3 is 1.74 bits per heavy atom. The van der Waals surface area contributed by atoms with Crippen LogP contribution in [0.15, 0.2) is 0 Å². The zero-order valence-corrected chi connectivity index (χ0v) is 10.5. The maximum absolute atomic E-state index is 10.4. The molecule has 0 aromatic rings. The largest absolute Gasteiger partial charge is 0.481 e. The third kappa shape index (κ3) is 12.1. The molecule has 0 aliphatic heterocycles. The summed E-state index contributed by atoms with van der Waals surface area (Å²) in [5, 5.41) is 24.4. The summed E-state index contributed by atoms with van der Waals surface area (Å²) in [6, 6.07) is -1.29. The number of nitrogens with two attached hydrogens (primary N) is 1. The van der Waals surface area contributed by atoms with Crippen LogP contribution < -0.4 is 5.73 Å². The van der Waals surface area contributed by atoms with E-state index in [1.807, 2.05) is 0 Å². The molecule has 9 nitrogen and oxygen atoms in total. The van der Waals surface area contributed by atoms with Gasteiger partial charge in [-0.3, -0.25) is 19.2 Å². The molecule has 0 heterocycles. The van der Waals surface area contributed by atoms with E-state index in [9.17, 15) is 19.2 Å². The molecule has 9 heteroatoms. The highest BCUT2D eigenvalue weighted by Gasteiger charge is 2.15. The number of rotatable bonds is 6. The minimum Gasteiger partial charge on any atom is -0.481 e. The van der Waals surface area contributed by atoms with Gasteiger partial charge in [0, 0.05) is 0 Å². The van der Waals surface area contributed by atoms with Crippen LogP contribution in [0.5, 0.6) is 0 Å². The number of methoxy groups -OCH3 is 1. The fraction of sp³-hybridized carbons (Fsp3) is 0.600. The van der Waals surface area contributed by atoms with Crippen LogP contribution in [-0.4, -0.2) is 52.3 Å². The van der Waals surface area contributed by atoms with E-state index in [2.05, 4.69) is 4.74 Å². The van der Waals surface area contributed by atoms with Gasteiger partial charge in [0.1, 0.15) is 6.04 Å². The highest BCUT2D eigenvalue weighted by Crippen LogP contribution is 2.01. The van der Waals surface area contributed by atoms with Crippen LogP contribution >= 0.6 is 0 Å². The van der Waals surface area contributed by atoms with E-state index in [1.54, 1.807) is 0 Å². The van der Waals surface area contributed by atoms with Gasteiger partial charge in [-0.2, -0.15) is 0 Å². The van der Waals surface area contributed by atoms with Gasteiger partial charge in [0.15, 0.2) is 0 Å². The second-order valence-electron chi connectivity index (χ2n) is 3.56. The van der Waals surface area contributed by atoms with Gasteiger partial charge >= 0.3 is 23.9 Å². The maximum Gasteiger partial charge on any atom is 0.321 e. The van der Waals surface area contributed by atoms with Crippen molar-refractivity contribution in [3.8, 4) is 0 Å². The molecule has 110 valence electrons. The number of carboxylic acid groups (broad SMARTS) is 3. The molecule has 0 aliphatic rings. The van der Waals surface area contributed by atoms with Crippen molar-refractivity contribution < 1.29 is 39.2 Å². The van der Waals surface area contributed by atoms with Crippen molar-refractivity contribution in [2.75, 3.05) is 7.11 Å². The summed E-state index contributed by atoms with van der Waals surface area (Å²) in [4.78, 5) is 40.2. The molecule has 0 bridgehead atoms. The third-order valence-corrected chi connectivity index (χ3v) is 1.83. The lowest BCUT2D eigenvalue weighted by molar-refractivity contribution is -0.149. The van der Waals surface area contributed by atoms with Crippen LogP contribution in [0, 0.1) is 5.92 Å². The summed E-state index contributed by atoms with van der Waals surface area (Å²) in [6.45, 7) is 1.46. The number of aliphatic carboxylic acids is 3. The Morgan fingerprint density at radius 1 is 1.05 bits per heavy atom. The first-order valence-corrected chi connectivity index (χ1v) is 5.11. The number of hydrogen-bond acceptors (Lipinski definition) is 6. The molecule has 0 fully saturated rings. The average Bonchev–Trinajstić information content (AvgIpc) is 2.28. The standard InChI is InChI=1S/C6H10O4.C4H7NO4/c1-4(6(8)9)3-5(7)10-2;5-2(4(8)9)1-3(6)7/h4H,3H2,1-2H3,(H,8,9);2H,1,5H2,(H,6,7)(H,8,9)/t4-;2-/m00/s1. The average molecular weight is 279 g/mol. The Bertz CT molecular complexity index is 340. The van der Waals surface area contributed by atoms with Crippen LogP contribution in [-0.2, 0) is 23.9 Å². The predicted octanol–water partition coefficient (Wildman–Crippen LogP) is -0.857. The van der Waals surface area contributed by atoms with E-state index < -0.39 is 42.3 Å². The number of carboxylic acids is 3. The van der Waals surface area contributed by atoms with Crippen molar-refractivity contribution in [1.82, 2.24) is 0 Å². The topological polar surface area (TPSA) is 164 Å². The van der Waals surface area contributed by atoms with Crippen LogP contribution in [0.1, 0.15) is 19.8 Å². The molecule has 0 radical (unpaired) electrons. The molecule has 0 aromatic carbocycles. The molecule has 0 aliphatic carbocycles. The Kier molecular flexibility index (Phi) is 9.92. The molecule has 0 unspecified atom stereocenters. The fourth-order valence-corrected chi connectivity index (χ4v) is 0.696. The van der Waals surface area contributed by atoms with Crippen LogP contribution in [0.3, 0.4) is 0 Å². The highest BCUT2D eigenvalue weighted by molar-refractivity contribution is 5.80. The molecule has 0 aromatic heterocycles. The first kappa shape index (κ1) is 19.2. The van der Waals surface area contributed by atoms with Crippen molar-refractivity contribution in [3.05, 3.63) is 0 Å². The van der Waals surface area contributed by atoms with E-state index in [0.29, 0.717) is 0 Å². The molecule has 19 heavy (non-hydrogen) atoms. The second-order valence-corrected chi connectivity index (χ2v) is 3.56. The van der Waals surface area contributed by atoms with Gasteiger partial charge in [0.05, 0.1) is 25.9 Å². The number of hydrogen-bond donors (Lipinski definition) is 4. The molecular weight excluding hydrogens is 262 g/mol. The molecule has 2 atom stereocenters. The smallest absolute Gasteiger partial charge is 0.321 e. The summed E-state index contributed by atoms with van der Waals surface area (Å²) >= 11 is 0. The first-order valence-electron chi connectivity index (χ1n) is 5.11. The van der Waals surface area contributed by atoms with Crippen LogP contribution in [0.2, 0.25) is 0 Å². The van der Waals surface area contributed by atoms with Crippen molar-refractivity contribution in [3.63, 3.8) is 0 Å². The van der Waals surface area contributed by atoms with Gasteiger partial charge in [-0.1, -0.05) is 6.92 Å². The van der Waals surface area contributed by atoms with Gasteiger partial charge in [0.25, 0.3) is 0 Å². The SMILES string of the molecule is COC(=O)C[C@H](C)C(=O)O.N[C@@H](CC(=O)O)C(=O)O. The molecule has 0 amide bonds. The molecule has 0 rings (SSSR count). The Morgan fingerprint density at radius 2 is 1.53 bits per heavy atom. The first-order chi connectivity index (χ1) is 8.61. The minimum absolute atomic E-state index is 0.0637. The van der Waals surface area contributed by atoms with Crippen molar-refractivity contribution >= 4 is 23.9 Å². The number of carbonyl (C=O) groups is 4. The van der Waals surface area contributed by atoms with Crippen molar-refractivity contribution in [1.29, 1.82) is 0 Å². The third-order valence-electron chi connectivity index (χ3n) is 1.83. The normalized spacial score (nSPS) is 12.4. The van der Waals surface area contributed by atoms with Crippen molar-refractivity contribution in [2.45, 2.75) is 25.8 Å². The van der Waals surface area contributed by atoms with E-state index in [0.717, 1.165) is 0 Å². The lowest BCUT2D eigenvalue weighted by atomic mass is 10.1. The predicted molar refractivity (Wildman–Crippen MR) is 61.3 cm³/mol. The molecular formula is C10H17NO8. The van der Waals surface area contributed by atoms with Gasteiger partial charge < -0.3 is 25.8 Å². The van der Waals surface area contributed by atoms with E-state index in [1.165, 1.54) is 14.0 Å². The van der Waals surface area contributed by atoms with E-state index in [4.69, 9.17) is 21.1 Å². The summed E-state index contributed by atoms with van der Waals surface area (Å²) in [7, 11) is 1.23. The molecule has 5 N–H and O–H groups in total. The Balaban J connectivity index is 0. The molecule has 0 saturated heterocycles. The van der Waals surface area contributed by atoms with E-state index >= 15 is 0 Å². The maximum atomic E-state index is 10.4. The van der Waals surface area contributed by atoms with Crippen LogP contribution in [0.25, 0.3) is 0 Å². The monoisotopic (exact) mass is 279 g/mol. The summed E-state index contributed by atoms with van der Waals surface area (Å²) in [6.07, 6.45) is -0.596. The zero-order valence-electron chi connectivity index (χ0n) is 10.5. The van der Waals surface area contributed by atoms with Crippen LogP contribution in [0.4, 0.5) is 0 Å².